The van der Waals surface area contributed by atoms with Gasteiger partial charge in [-0.05, 0) is 59.9 Å². The normalized spacial score (nSPS) is 24.1. The Bertz CT molecular complexity index is 1470. The predicted octanol–water partition coefficient (Wildman–Crippen LogP) is 4.84. The maximum atomic E-state index is 14.5. The van der Waals surface area contributed by atoms with E-state index in [1.807, 2.05) is 48.5 Å². The van der Waals surface area contributed by atoms with Crippen LogP contribution in [-0.2, 0) is 20.4 Å². The van der Waals surface area contributed by atoms with E-state index >= 15 is 0 Å². The van der Waals surface area contributed by atoms with Gasteiger partial charge < -0.3 is 15.6 Å². The molecule has 188 valence electrons. The first kappa shape index (κ1) is 23.1. The third kappa shape index (κ3) is 3.05. The summed E-state index contributed by atoms with van der Waals surface area (Å²) in [4.78, 5) is 41.9. The Morgan fingerprint density at radius 1 is 1.03 bits per heavy atom. The fraction of sp³-hybridized carbons (Fsp3) is 0.276. The minimum atomic E-state index is -1.14. The summed E-state index contributed by atoms with van der Waals surface area (Å²) < 4.78 is 5.07. The molecule has 6 rings (SSSR count). The number of nitrogens with two attached hydrogens (primary N) is 1. The lowest BCUT2D eigenvalue weighted by molar-refractivity contribution is -0.120. The first-order valence-corrected chi connectivity index (χ1v) is 12.3. The standard InChI is InChI=1S/C29H27N3O5/c1-17(2)28(19-7-9-20(30)10-8-19)16-29(28)23-5-3-4-6-24(23)32(26(29)35)22-14-18(25(33)34)13-21(15-22)31-11-12-37-27(31)36/h3-10,13-15,17H,11-12,16,30H2,1-2H3,(H,33,34)/t28-,29-/m0/s1. The van der Waals surface area contributed by atoms with Crippen molar-refractivity contribution in [3.05, 3.63) is 83.4 Å². The number of ether oxygens (including phenoxy) is 1. The highest BCUT2D eigenvalue weighted by molar-refractivity contribution is 6.17. The summed E-state index contributed by atoms with van der Waals surface area (Å²) in [7, 11) is 0. The van der Waals surface area contributed by atoms with Gasteiger partial charge in [0.2, 0.25) is 5.91 Å². The van der Waals surface area contributed by atoms with Gasteiger partial charge in [-0.2, -0.15) is 0 Å². The molecule has 1 saturated carbocycles. The summed E-state index contributed by atoms with van der Waals surface area (Å²) in [6, 6.07) is 20.1. The number of cyclic esters (lactones) is 1. The molecule has 8 heteroatoms. The fourth-order valence-electron chi connectivity index (χ4n) is 6.47. The number of anilines is 4. The second-order valence-corrected chi connectivity index (χ2v) is 10.3. The van der Waals surface area contributed by atoms with Crippen LogP contribution in [0.4, 0.5) is 27.5 Å². The maximum Gasteiger partial charge on any atom is 0.414 e. The Hall–Kier alpha value is -4.33. The SMILES string of the molecule is CC(C)[C@]1(c2ccc(N)cc2)C[C@]12C(=O)N(c1cc(C(=O)O)cc(N3CCOC3=O)c1)c1ccccc12. The average Bonchev–Trinajstić information content (AvgIpc) is 3.32. The number of rotatable bonds is 5. The van der Waals surface area contributed by atoms with E-state index in [1.165, 1.54) is 17.0 Å². The molecule has 3 aromatic carbocycles. The molecule has 0 unspecified atom stereocenters. The second-order valence-electron chi connectivity index (χ2n) is 10.3. The molecular formula is C29H27N3O5. The Morgan fingerprint density at radius 3 is 2.38 bits per heavy atom. The smallest absolute Gasteiger partial charge is 0.414 e. The Labute approximate surface area is 214 Å². The molecular weight excluding hydrogens is 470 g/mol. The van der Waals surface area contributed by atoms with E-state index in [1.54, 1.807) is 11.0 Å². The molecule has 2 heterocycles. The molecule has 0 radical (unpaired) electrons. The summed E-state index contributed by atoms with van der Waals surface area (Å²) in [6.45, 7) is 4.79. The van der Waals surface area contributed by atoms with E-state index in [2.05, 4.69) is 13.8 Å². The zero-order chi connectivity index (χ0) is 26.1. The minimum Gasteiger partial charge on any atom is -0.478 e. The van der Waals surface area contributed by atoms with Crippen LogP contribution < -0.4 is 15.5 Å². The van der Waals surface area contributed by atoms with Crippen molar-refractivity contribution < 1.29 is 24.2 Å². The van der Waals surface area contributed by atoms with Crippen molar-refractivity contribution >= 4 is 40.7 Å². The zero-order valence-electron chi connectivity index (χ0n) is 20.6. The van der Waals surface area contributed by atoms with Crippen LogP contribution in [0.3, 0.4) is 0 Å². The van der Waals surface area contributed by atoms with Crippen molar-refractivity contribution in [3.63, 3.8) is 0 Å². The van der Waals surface area contributed by atoms with Gasteiger partial charge in [0.25, 0.3) is 0 Å². The molecule has 0 bridgehead atoms. The molecule has 0 aromatic heterocycles. The fourth-order valence-corrected chi connectivity index (χ4v) is 6.47. The van der Waals surface area contributed by atoms with Crippen LogP contribution in [0.15, 0.2) is 66.7 Å². The molecule has 8 nitrogen and oxygen atoms in total. The van der Waals surface area contributed by atoms with Gasteiger partial charge in [-0.25, -0.2) is 9.59 Å². The third-order valence-electron chi connectivity index (χ3n) is 8.25. The molecule has 2 atom stereocenters. The Balaban J connectivity index is 1.53. The number of hydrogen-bond donors (Lipinski definition) is 2. The van der Waals surface area contributed by atoms with Gasteiger partial charge in [-0.1, -0.05) is 44.2 Å². The van der Waals surface area contributed by atoms with Crippen molar-refractivity contribution in [2.45, 2.75) is 31.1 Å². The van der Waals surface area contributed by atoms with Crippen LogP contribution in [0.2, 0.25) is 0 Å². The quantitative estimate of drug-likeness (QED) is 0.488. The molecule has 3 N–H and O–H groups in total. The van der Waals surface area contributed by atoms with Crippen molar-refractivity contribution in [1.29, 1.82) is 0 Å². The van der Waals surface area contributed by atoms with Crippen LogP contribution in [0, 0.1) is 5.92 Å². The van der Waals surface area contributed by atoms with Gasteiger partial charge >= 0.3 is 12.1 Å². The Morgan fingerprint density at radius 2 is 1.73 bits per heavy atom. The van der Waals surface area contributed by atoms with Crippen LogP contribution >= 0.6 is 0 Å². The van der Waals surface area contributed by atoms with Crippen LogP contribution in [0.1, 0.15) is 41.8 Å². The van der Waals surface area contributed by atoms with Crippen LogP contribution in [-0.4, -0.2) is 36.2 Å². The highest BCUT2D eigenvalue weighted by Gasteiger charge is 2.77. The predicted molar refractivity (Wildman–Crippen MR) is 139 cm³/mol. The molecule has 2 aliphatic heterocycles. The van der Waals surface area contributed by atoms with E-state index in [4.69, 9.17) is 10.5 Å². The molecule has 3 aliphatic rings. The largest absolute Gasteiger partial charge is 0.478 e. The number of carbonyl (C=O) groups excluding carboxylic acids is 2. The molecule has 2 amide bonds. The van der Waals surface area contributed by atoms with Crippen molar-refractivity contribution in [1.82, 2.24) is 0 Å². The third-order valence-corrected chi connectivity index (χ3v) is 8.25. The number of carboxylic acids is 1. The molecule has 2 fully saturated rings. The molecule has 1 saturated heterocycles. The summed E-state index contributed by atoms with van der Waals surface area (Å²) in [5.41, 5.74) is 8.89. The minimum absolute atomic E-state index is 0.0112. The number of fused-ring (bicyclic) bond motifs is 2. The van der Waals surface area contributed by atoms with E-state index < -0.39 is 22.9 Å². The summed E-state index contributed by atoms with van der Waals surface area (Å²) in [5, 5.41) is 9.84. The molecule has 37 heavy (non-hydrogen) atoms. The number of hydrogen-bond acceptors (Lipinski definition) is 5. The molecule has 1 aliphatic carbocycles. The first-order valence-electron chi connectivity index (χ1n) is 12.3. The van der Waals surface area contributed by atoms with E-state index in [-0.39, 0.29) is 24.0 Å². The summed E-state index contributed by atoms with van der Waals surface area (Å²) in [6.07, 6.45) is 0.0974. The first-order chi connectivity index (χ1) is 17.7. The number of nitrogens with zero attached hydrogens (tertiary/aromatic N) is 2. The topological polar surface area (TPSA) is 113 Å². The van der Waals surface area contributed by atoms with Gasteiger partial charge in [-0.3, -0.25) is 14.6 Å². The lowest BCUT2D eigenvalue weighted by Gasteiger charge is -2.27. The number of amides is 2. The number of carbonyl (C=O) groups is 3. The lowest BCUT2D eigenvalue weighted by Crippen LogP contribution is -2.36. The van der Waals surface area contributed by atoms with Crippen LogP contribution in [0.5, 0.6) is 0 Å². The highest BCUT2D eigenvalue weighted by atomic mass is 16.6. The van der Waals surface area contributed by atoms with Gasteiger partial charge in [0, 0.05) is 11.1 Å². The second kappa shape index (κ2) is 7.83. The highest BCUT2D eigenvalue weighted by Crippen LogP contribution is 2.73. The summed E-state index contributed by atoms with van der Waals surface area (Å²) in [5.74, 6) is -1.10. The van der Waals surface area contributed by atoms with Gasteiger partial charge in [-0.15, -0.1) is 0 Å². The van der Waals surface area contributed by atoms with Crippen LogP contribution in [0.25, 0.3) is 0 Å². The van der Waals surface area contributed by atoms with E-state index in [0.29, 0.717) is 30.0 Å². The van der Waals surface area contributed by atoms with Crippen molar-refractivity contribution in [3.8, 4) is 0 Å². The van der Waals surface area contributed by atoms with E-state index in [0.717, 1.165) is 16.8 Å². The van der Waals surface area contributed by atoms with Gasteiger partial charge in [0.15, 0.2) is 0 Å². The van der Waals surface area contributed by atoms with Crippen molar-refractivity contribution in [2.24, 2.45) is 5.92 Å². The monoisotopic (exact) mass is 497 g/mol. The molecule has 3 aromatic rings. The molecule has 1 spiro atoms. The van der Waals surface area contributed by atoms with Crippen molar-refractivity contribution in [2.75, 3.05) is 28.7 Å². The number of carboxylic acid groups (broad SMARTS) is 1. The number of nitrogen functional groups attached to an aromatic ring is 1. The summed E-state index contributed by atoms with van der Waals surface area (Å²) >= 11 is 0. The average molecular weight is 498 g/mol. The lowest BCUT2D eigenvalue weighted by atomic mass is 9.75. The zero-order valence-corrected chi connectivity index (χ0v) is 20.6. The number of para-hydroxylation sites is 1. The number of benzene rings is 3. The Kier molecular flexibility index (Phi) is 4.89. The van der Waals surface area contributed by atoms with Gasteiger partial charge in [0.1, 0.15) is 6.61 Å². The number of aromatic carboxylic acids is 1. The maximum absolute atomic E-state index is 14.5. The van der Waals surface area contributed by atoms with E-state index in [9.17, 15) is 19.5 Å². The van der Waals surface area contributed by atoms with Gasteiger partial charge in [0.05, 0.1) is 34.6 Å².